The lowest BCUT2D eigenvalue weighted by Gasteiger charge is -2.33. The Morgan fingerprint density at radius 1 is 0.917 bits per heavy atom. The second-order valence-electron chi connectivity index (χ2n) is 9.93. The van der Waals surface area contributed by atoms with E-state index in [9.17, 15) is 0 Å². The summed E-state index contributed by atoms with van der Waals surface area (Å²) in [5, 5.41) is 7.68. The number of rotatable bonds is 8. The molecule has 3 aliphatic heterocycles. The molecule has 0 aliphatic carbocycles. The highest BCUT2D eigenvalue weighted by atomic mass is 32.2. The third-order valence-electron chi connectivity index (χ3n) is 7.55. The number of benzene rings is 2. The molecule has 7 heteroatoms. The molecule has 0 N–H and O–H groups in total. The van der Waals surface area contributed by atoms with Gasteiger partial charge < -0.3 is 19.3 Å². The lowest BCUT2D eigenvalue weighted by atomic mass is 9.87. The summed E-state index contributed by atoms with van der Waals surface area (Å²) in [6.07, 6.45) is 3.45. The zero-order chi connectivity index (χ0) is 24.9. The minimum absolute atomic E-state index is 0.269. The zero-order valence-electron chi connectivity index (χ0n) is 21.7. The molecule has 36 heavy (non-hydrogen) atoms. The number of fused-ring (bicyclic) bond motifs is 1. The zero-order valence-corrected chi connectivity index (χ0v) is 22.5. The average Bonchev–Trinajstić information content (AvgIpc) is 3.29. The van der Waals surface area contributed by atoms with Crippen LogP contribution < -0.4 is 9.47 Å². The number of hydrazone groups is 1. The standard InChI is InChI=1S/C29H38N4O2S/c1-31-15-17-32(18-16-31)13-4-14-33-29(23-7-11-26(35-3)12-8-23)27-21-36-20-24(28(27)30-33)19-22-5-9-25(34-2)10-6-22/h5-12,19,27,29H,4,13-18,20-21H2,1-3H3. The second-order valence-corrected chi connectivity index (χ2v) is 11.0. The number of thioether (sulfide) groups is 1. The van der Waals surface area contributed by atoms with Gasteiger partial charge >= 0.3 is 0 Å². The van der Waals surface area contributed by atoms with E-state index in [-0.39, 0.29) is 6.04 Å². The van der Waals surface area contributed by atoms with E-state index in [0.717, 1.165) is 42.5 Å². The Balaban J connectivity index is 1.36. The first-order valence-electron chi connectivity index (χ1n) is 13.0. The highest BCUT2D eigenvalue weighted by Gasteiger charge is 2.41. The number of ether oxygens (including phenoxy) is 2. The number of hydrogen-bond acceptors (Lipinski definition) is 7. The third-order valence-corrected chi connectivity index (χ3v) is 8.66. The van der Waals surface area contributed by atoms with Gasteiger partial charge in [0.1, 0.15) is 11.5 Å². The Morgan fingerprint density at radius 3 is 2.25 bits per heavy atom. The molecule has 2 atom stereocenters. The van der Waals surface area contributed by atoms with E-state index >= 15 is 0 Å². The number of methoxy groups -OCH3 is 2. The molecular weight excluding hydrogens is 468 g/mol. The van der Waals surface area contributed by atoms with Crippen LogP contribution in [0.15, 0.2) is 59.2 Å². The fraction of sp³-hybridized carbons (Fsp3) is 0.483. The van der Waals surface area contributed by atoms with E-state index < -0.39 is 0 Å². The number of hydrogen-bond donors (Lipinski definition) is 0. The number of piperazine rings is 1. The van der Waals surface area contributed by atoms with Crippen LogP contribution >= 0.6 is 11.8 Å². The third kappa shape index (κ3) is 5.74. The molecule has 2 saturated heterocycles. The van der Waals surface area contributed by atoms with Gasteiger partial charge in [-0.15, -0.1) is 0 Å². The molecule has 5 rings (SSSR count). The molecule has 2 aromatic carbocycles. The Bertz CT molecular complexity index is 1060. The maximum Gasteiger partial charge on any atom is 0.118 e. The van der Waals surface area contributed by atoms with E-state index in [1.165, 1.54) is 48.6 Å². The summed E-state index contributed by atoms with van der Waals surface area (Å²) in [5.74, 6) is 4.29. The van der Waals surface area contributed by atoms with Gasteiger partial charge in [-0.05, 0) is 67.1 Å². The van der Waals surface area contributed by atoms with Crippen molar-refractivity contribution in [3.05, 3.63) is 65.2 Å². The lowest BCUT2D eigenvalue weighted by Crippen LogP contribution is -2.45. The molecule has 0 spiro atoms. The molecular formula is C29H38N4O2S. The van der Waals surface area contributed by atoms with Crippen LogP contribution in [-0.2, 0) is 0 Å². The minimum atomic E-state index is 0.269. The van der Waals surface area contributed by atoms with Crippen molar-refractivity contribution >= 4 is 23.5 Å². The fourth-order valence-corrected chi connectivity index (χ4v) is 6.58. The molecule has 0 bridgehead atoms. The second kappa shape index (κ2) is 11.7. The largest absolute Gasteiger partial charge is 0.497 e. The van der Waals surface area contributed by atoms with Gasteiger partial charge in [-0.3, -0.25) is 5.01 Å². The van der Waals surface area contributed by atoms with Crippen molar-refractivity contribution in [2.75, 3.05) is 72.0 Å². The Hall–Kier alpha value is -2.48. The van der Waals surface area contributed by atoms with E-state index in [1.54, 1.807) is 14.2 Å². The van der Waals surface area contributed by atoms with Gasteiger partial charge in [0.15, 0.2) is 0 Å². The topological polar surface area (TPSA) is 40.5 Å². The first kappa shape index (κ1) is 25.2. The first-order chi connectivity index (χ1) is 17.6. The molecule has 2 aromatic rings. The van der Waals surface area contributed by atoms with Crippen molar-refractivity contribution in [3.8, 4) is 11.5 Å². The van der Waals surface area contributed by atoms with Gasteiger partial charge in [0.2, 0.25) is 0 Å². The Labute approximate surface area is 219 Å². The summed E-state index contributed by atoms with van der Waals surface area (Å²) in [4.78, 5) is 5.02. The van der Waals surface area contributed by atoms with Gasteiger partial charge in [0, 0.05) is 50.1 Å². The highest BCUT2D eigenvalue weighted by molar-refractivity contribution is 7.99. The normalized spacial score (nSPS) is 24.0. The molecule has 0 amide bonds. The summed E-state index contributed by atoms with van der Waals surface area (Å²) >= 11 is 2.02. The monoisotopic (exact) mass is 506 g/mol. The van der Waals surface area contributed by atoms with E-state index in [4.69, 9.17) is 14.6 Å². The summed E-state index contributed by atoms with van der Waals surface area (Å²) in [7, 11) is 5.65. The van der Waals surface area contributed by atoms with Crippen LogP contribution in [0.2, 0.25) is 0 Å². The number of nitrogens with zero attached hydrogens (tertiary/aromatic N) is 4. The minimum Gasteiger partial charge on any atom is -0.497 e. The maximum atomic E-state index is 5.43. The molecule has 3 aliphatic rings. The van der Waals surface area contributed by atoms with Gasteiger partial charge in [0.25, 0.3) is 0 Å². The highest BCUT2D eigenvalue weighted by Crippen LogP contribution is 2.43. The smallest absolute Gasteiger partial charge is 0.118 e. The lowest BCUT2D eigenvalue weighted by molar-refractivity contribution is 0.139. The molecule has 2 unspecified atom stereocenters. The van der Waals surface area contributed by atoms with Crippen molar-refractivity contribution in [1.82, 2.24) is 14.8 Å². The van der Waals surface area contributed by atoms with Crippen LogP contribution in [0.25, 0.3) is 6.08 Å². The van der Waals surface area contributed by atoms with Crippen molar-refractivity contribution < 1.29 is 9.47 Å². The molecule has 0 aromatic heterocycles. The van der Waals surface area contributed by atoms with Crippen LogP contribution in [-0.4, -0.2) is 92.6 Å². The molecule has 0 saturated carbocycles. The van der Waals surface area contributed by atoms with Crippen LogP contribution in [0, 0.1) is 5.92 Å². The van der Waals surface area contributed by atoms with Crippen LogP contribution in [0.3, 0.4) is 0 Å². The summed E-state index contributed by atoms with van der Waals surface area (Å²) in [6, 6.07) is 17.2. The molecule has 3 heterocycles. The summed E-state index contributed by atoms with van der Waals surface area (Å²) < 4.78 is 10.8. The van der Waals surface area contributed by atoms with Crippen molar-refractivity contribution in [1.29, 1.82) is 0 Å². The quantitative estimate of drug-likeness (QED) is 0.525. The summed E-state index contributed by atoms with van der Waals surface area (Å²) in [5.41, 5.74) is 5.14. The van der Waals surface area contributed by atoms with Crippen LogP contribution in [0.4, 0.5) is 0 Å². The first-order valence-corrected chi connectivity index (χ1v) is 14.1. The fourth-order valence-electron chi connectivity index (χ4n) is 5.41. The van der Waals surface area contributed by atoms with E-state index in [2.05, 4.69) is 64.3 Å². The average molecular weight is 507 g/mol. The summed E-state index contributed by atoms with van der Waals surface area (Å²) in [6.45, 7) is 6.78. The van der Waals surface area contributed by atoms with Gasteiger partial charge in [-0.2, -0.15) is 16.9 Å². The molecule has 192 valence electrons. The van der Waals surface area contributed by atoms with Crippen molar-refractivity contribution in [3.63, 3.8) is 0 Å². The van der Waals surface area contributed by atoms with Gasteiger partial charge in [-0.1, -0.05) is 24.3 Å². The Kier molecular flexibility index (Phi) is 8.19. The Morgan fingerprint density at radius 2 is 1.58 bits per heavy atom. The predicted octanol–water partition coefficient (Wildman–Crippen LogP) is 4.50. The molecule has 2 fully saturated rings. The van der Waals surface area contributed by atoms with E-state index in [1.807, 2.05) is 23.9 Å². The van der Waals surface area contributed by atoms with Crippen molar-refractivity contribution in [2.24, 2.45) is 11.0 Å². The van der Waals surface area contributed by atoms with Gasteiger partial charge in [0.05, 0.1) is 26.0 Å². The van der Waals surface area contributed by atoms with E-state index in [0.29, 0.717) is 5.92 Å². The van der Waals surface area contributed by atoms with Crippen molar-refractivity contribution in [2.45, 2.75) is 12.5 Å². The predicted molar refractivity (Wildman–Crippen MR) is 150 cm³/mol. The van der Waals surface area contributed by atoms with Gasteiger partial charge in [-0.25, -0.2) is 0 Å². The number of likely N-dealkylation sites (N-methyl/N-ethyl adjacent to an activating group) is 1. The van der Waals surface area contributed by atoms with Crippen LogP contribution in [0.1, 0.15) is 23.6 Å². The van der Waals surface area contributed by atoms with Crippen LogP contribution in [0.5, 0.6) is 11.5 Å². The maximum absolute atomic E-state index is 5.43. The SMILES string of the molecule is COc1ccc(C=C2CSCC3C2=NN(CCCN2CCN(C)CC2)C3c2ccc(OC)cc2)cc1. The molecule has 6 nitrogen and oxygen atoms in total. The molecule has 0 radical (unpaired) electrons.